The van der Waals surface area contributed by atoms with Gasteiger partial charge in [-0.05, 0) is 38.9 Å². The van der Waals surface area contributed by atoms with Crippen molar-refractivity contribution in [2.24, 2.45) is 5.92 Å². The number of hydrogen-bond acceptors (Lipinski definition) is 2. The highest BCUT2D eigenvalue weighted by molar-refractivity contribution is 5.69. The zero-order valence-electron chi connectivity index (χ0n) is 11.0. The van der Waals surface area contributed by atoms with E-state index in [0.717, 1.165) is 51.7 Å². The number of hydrogen-bond donors (Lipinski definition) is 1. The van der Waals surface area contributed by atoms with Crippen LogP contribution in [0.3, 0.4) is 0 Å². The molecule has 0 radical (unpaired) electrons. The van der Waals surface area contributed by atoms with Crippen molar-refractivity contribution in [1.29, 1.82) is 0 Å². The summed E-state index contributed by atoms with van der Waals surface area (Å²) in [5.74, 6) is -0.747. The molecule has 0 bridgehead atoms. The fourth-order valence-corrected chi connectivity index (χ4v) is 1.94. The molecule has 0 aromatic heterocycles. The molecule has 0 aliphatic heterocycles. The molecule has 0 spiro atoms. The molecular weight excluding hydrogens is 202 g/mol. The summed E-state index contributed by atoms with van der Waals surface area (Å²) in [6.07, 6.45) is 4.78. The van der Waals surface area contributed by atoms with Gasteiger partial charge in [-0.2, -0.15) is 0 Å². The average molecular weight is 229 g/mol. The summed E-state index contributed by atoms with van der Waals surface area (Å²) >= 11 is 0. The van der Waals surface area contributed by atoms with Crippen molar-refractivity contribution in [1.82, 2.24) is 4.90 Å². The Balaban J connectivity index is 3.79. The van der Waals surface area contributed by atoms with Crippen LogP contribution in [0.15, 0.2) is 0 Å². The van der Waals surface area contributed by atoms with Crippen LogP contribution in [0.25, 0.3) is 0 Å². The molecule has 0 amide bonds. The molecule has 0 fully saturated rings. The Labute approximate surface area is 99.8 Å². The number of nitrogens with zero attached hydrogens (tertiary/aromatic N) is 1. The quantitative estimate of drug-likeness (QED) is 0.626. The van der Waals surface area contributed by atoms with Crippen molar-refractivity contribution >= 4 is 5.97 Å². The van der Waals surface area contributed by atoms with Gasteiger partial charge >= 0.3 is 5.97 Å². The van der Waals surface area contributed by atoms with Crippen LogP contribution in [0.5, 0.6) is 0 Å². The maximum atomic E-state index is 11.0. The summed E-state index contributed by atoms with van der Waals surface area (Å²) in [5, 5.41) is 9.07. The Morgan fingerprint density at radius 3 is 2.12 bits per heavy atom. The number of carboxylic acids is 1. The number of aliphatic carboxylic acids is 1. The molecule has 0 aliphatic rings. The van der Waals surface area contributed by atoms with Crippen molar-refractivity contribution in [3.8, 4) is 0 Å². The standard InChI is InChI=1S/C13H27NO2/c1-4-7-9-12(13(15)16)10-8-11-14(5-2)6-3/h12H,4-11H2,1-3H3,(H,15,16). The van der Waals surface area contributed by atoms with Gasteiger partial charge in [0.25, 0.3) is 0 Å². The fourth-order valence-electron chi connectivity index (χ4n) is 1.94. The van der Waals surface area contributed by atoms with Gasteiger partial charge in [0.1, 0.15) is 0 Å². The predicted octanol–water partition coefficient (Wildman–Crippen LogP) is 3.00. The zero-order valence-corrected chi connectivity index (χ0v) is 11.0. The second-order valence-corrected chi connectivity index (χ2v) is 4.35. The molecule has 1 N–H and O–H groups in total. The van der Waals surface area contributed by atoms with Crippen LogP contribution in [0.2, 0.25) is 0 Å². The van der Waals surface area contributed by atoms with Crippen LogP contribution in [-0.2, 0) is 4.79 Å². The molecule has 0 aromatic rings. The SMILES string of the molecule is CCCCC(CCCN(CC)CC)C(=O)O. The topological polar surface area (TPSA) is 40.5 Å². The third kappa shape index (κ3) is 6.83. The van der Waals surface area contributed by atoms with Crippen LogP contribution in [0, 0.1) is 5.92 Å². The maximum Gasteiger partial charge on any atom is 0.306 e. The lowest BCUT2D eigenvalue weighted by atomic mass is 9.97. The van der Waals surface area contributed by atoms with E-state index < -0.39 is 5.97 Å². The Hall–Kier alpha value is -0.570. The molecule has 96 valence electrons. The first-order chi connectivity index (χ1) is 7.65. The molecule has 0 heterocycles. The van der Waals surface area contributed by atoms with Gasteiger partial charge in [-0.1, -0.05) is 33.6 Å². The zero-order chi connectivity index (χ0) is 12.4. The Bertz CT molecular complexity index is 179. The van der Waals surface area contributed by atoms with E-state index in [-0.39, 0.29) is 5.92 Å². The molecule has 3 nitrogen and oxygen atoms in total. The molecule has 16 heavy (non-hydrogen) atoms. The smallest absolute Gasteiger partial charge is 0.306 e. The molecule has 0 aromatic carbocycles. The number of carboxylic acid groups (broad SMARTS) is 1. The van der Waals surface area contributed by atoms with Crippen LogP contribution >= 0.6 is 0 Å². The summed E-state index contributed by atoms with van der Waals surface area (Å²) in [7, 11) is 0. The first-order valence-electron chi connectivity index (χ1n) is 6.60. The van der Waals surface area contributed by atoms with Gasteiger partial charge in [-0.25, -0.2) is 0 Å². The van der Waals surface area contributed by atoms with Crippen molar-refractivity contribution in [3.63, 3.8) is 0 Å². The fraction of sp³-hybridized carbons (Fsp3) is 0.923. The number of carbonyl (C=O) groups is 1. The van der Waals surface area contributed by atoms with E-state index in [2.05, 4.69) is 25.7 Å². The molecule has 0 aliphatic carbocycles. The van der Waals surface area contributed by atoms with E-state index in [1.165, 1.54) is 0 Å². The molecule has 0 saturated carbocycles. The van der Waals surface area contributed by atoms with E-state index in [1.54, 1.807) is 0 Å². The largest absolute Gasteiger partial charge is 0.481 e. The van der Waals surface area contributed by atoms with E-state index in [0.29, 0.717) is 0 Å². The van der Waals surface area contributed by atoms with Crippen molar-refractivity contribution in [2.75, 3.05) is 19.6 Å². The van der Waals surface area contributed by atoms with Gasteiger partial charge in [0.2, 0.25) is 0 Å². The third-order valence-electron chi connectivity index (χ3n) is 3.18. The van der Waals surface area contributed by atoms with Crippen LogP contribution in [0.1, 0.15) is 52.9 Å². The normalized spacial score (nSPS) is 13.0. The first kappa shape index (κ1) is 15.4. The monoisotopic (exact) mass is 229 g/mol. The van der Waals surface area contributed by atoms with Crippen LogP contribution in [0.4, 0.5) is 0 Å². The third-order valence-corrected chi connectivity index (χ3v) is 3.18. The molecule has 3 heteroatoms. The Kier molecular flexibility index (Phi) is 9.30. The Morgan fingerprint density at radius 2 is 1.69 bits per heavy atom. The molecule has 0 rings (SSSR count). The van der Waals surface area contributed by atoms with Gasteiger partial charge in [0, 0.05) is 0 Å². The van der Waals surface area contributed by atoms with E-state index in [9.17, 15) is 4.79 Å². The first-order valence-corrected chi connectivity index (χ1v) is 6.60. The van der Waals surface area contributed by atoms with Gasteiger partial charge in [-0.15, -0.1) is 0 Å². The van der Waals surface area contributed by atoms with Crippen molar-refractivity contribution in [3.05, 3.63) is 0 Å². The summed E-state index contributed by atoms with van der Waals surface area (Å²) in [6.45, 7) is 9.55. The average Bonchev–Trinajstić information content (AvgIpc) is 2.28. The second-order valence-electron chi connectivity index (χ2n) is 4.35. The minimum Gasteiger partial charge on any atom is -0.481 e. The molecular formula is C13H27NO2. The summed E-state index contributed by atoms with van der Waals surface area (Å²) < 4.78 is 0. The number of unbranched alkanes of at least 4 members (excludes halogenated alkanes) is 1. The summed E-state index contributed by atoms with van der Waals surface area (Å²) in [4.78, 5) is 13.4. The van der Waals surface area contributed by atoms with Gasteiger partial charge in [0.05, 0.1) is 5.92 Å². The summed E-state index contributed by atoms with van der Waals surface area (Å²) in [6, 6.07) is 0. The molecule has 1 unspecified atom stereocenters. The van der Waals surface area contributed by atoms with Crippen LogP contribution < -0.4 is 0 Å². The lowest BCUT2D eigenvalue weighted by molar-refractivity contribution is -0.142. The highest BCUT2D eigenvalue weighted by Crippen LogP contribution is 2.15. The molecule has 1 atom stereocenters. The van der Waals surface area contributed by atoms with Gasteiger partial charge in [0.15, 0.2) is 0 Å². The Morgan fingerprint density at radius 1 is 1.12 bits per heavy atom. The van der Waals surface area contributed by atoms with Crippen LogP contribution in [-0.4, -0.2) is 35.6 Å². The maximum absolute atomic E-state index is 11.0. The second kappa shape index (κ2) is 9.64. The molecule has 0 saturated heterocycles. The lowest BCUT2D eigenvalue weighted by Crippen LogP contribution is -2.25. The van der Waals surface area contributed by atoms with Crippen molar-refractivity contribution < 1.29 is 9.90 Å². The predicted molar refractivity (Wildman–Crippen MR) is 67.7 cm³/mol. The van der Waals surface area contributed by atoms with E-state index in [1.807, 2.05) is 0 Å². The minimum absolute atomic E-state index is 0.129. The van der Waals surface area contributed by atoms with Gasteiger partial charge in [-0.3, -0.25) is 4.79 Å². The highest BCUT2D eigenvalue weighted by Gasteiger charge is 2.16. The lowest BCUT2D eigenvalue weighted by Gasteiger charge is -2.19. The van der Waals surface area contributed by atoms with E-state index in [4.69, 9.17) is 5.11 Å². The van der Waals surface area contributed by atoms with Gasteiger partial charge < -0.3 is 10.0 Å². The number of rotatable bonds is 10. The minimum atomic E-state index is -0.618. The van der Waals surface area contributed by atoms with Crippen molar-refractivity contribution in [2.45, 2.75) is 52.9 Å². The highest BCUT2D eigenvalue weighted by atomic mass is 16.4. The summed E-state index contributed by atoms with van der Waals surface area (Å²) in [5.41, 5.74) is 0. The van der Waals surface area contributed by atoms with E-state index >= 15 is 0 Å².